The SMILES string of the molecule is Cc1cc([C@@H]2CN(c3cc(-c4ccccc4O)nnc3N)CCO2)c(C)cc1C(=O)N1CCN(CC2CCC(n3cc(C4CC4)c4cc(N5CCC(=O)NC5=O)cnc43)CC2)CC1. The summed E-state index contributed by atoms with van der Waals surface area (Å²) < 4.78 is 8.73. The lowest BCUT2D eigenvalue weighted by atomic mass is 9.85. The fourth-order valence-corrected chi connectivity index (χ4v) is 10.3. The second-order valence-corrected chi connectivity index (χ2v) is 18.2. The summed E-state index contributed by atoms with van der Waals surface area (Å²) in [4.78, 5) is 51.6. The minimum Gasteiger partial charge on any atom is -0.507 e. The van der Waals surface area contributed by atoms with Crippen LogP contribution in [0, 0.1) is 19.8 Å². The summed E-state index contributed by atoms with van der Waals surface area (Å²) in [7, 11) is 0. The van der Waals surface area contributed by atoms with Gasteiger partial charge in [-0.3, -0.25) is 24.7 Å². The standard InChI is InChI=1S/C48H56N10O5/c1-29-22-37(30(2)21-36(29)43-28-56(19-20-63-43)41-24-40(52-53-45(41)49)35-5-3-4-6-42(35)59)47(61)55-17-15-54(16-18-55)26-31-7-11-33(12-8-31)58-27-39(32-9-10-32)38-23-34(25-50-46(38)58)57-14-13-44(60)51-48(57)62/h3-6,21-25,27,31-33,43,59H,7-20,26,28H2,1-2H3,(H2,49,53)(H,51,60,62)/t31?,33?,43-/m0/s1. The van der Waals surface area contributed by atoms with E-state index in [4.69, 9.17) is 15.5 Å². The van der Waals surface area contributed by atoms with Crippen LogP contribution in [0.15, 0.2) is 60.9 Å². The molecule has 15 heteroatoms. The molecule has 5 fully saturated rings. The maximum atomic E-state index is 14.0. The van der Waals surface area contributed by atoms with E-state index < -0.39 is 0 Å². The number of carbonyl (C=O) groups excluding carboxylic acids is 3. The van der Waals surface area contributed by atoms with Gasteiger partial charge in [0.1, 0.15) is 17.5 Å². The van der Waals surface area contributed by atoms with Crippen LogP contribution in [0.3, 0.4) is 0 Å². The number of piperazine rings is 1. The Bertz CT molecular complexity index is 2570. The number of fused-ring (bicyclic) bond motifs is 1. The molecule has 6 heterocycles. The molecular formula is C48H56N10O5. The van der Waals surface area contributed by atoms with E-state index in [0.29, 0.717) is 80.7 Å². The zero-order valence-electron chi connectivity index (χ0n) is 36.1. The number of benzene rings is 2. The molecule has 0 radical (unpaired) electrons. The second-order valence-electron chi connectivity index (χ2n) is 18.2. The first kappa shape index (κ1) is 41.0. The maximum absolute atomic E-state index is 14.0. The summed E-state index contributed by atoms with van der Waals surface area (Å²) in [6, 6.07) is 15.2. The van der Waals surface area contributed by atoms with Gasteiger partial charge in [0.15, 0.2) is 5.82 Å². The topological polar surface area (TPSA) is 175 Å². The largest absolute Gasteiger partial charge is 0.507 e. The molecule has 4 N–H and O–H groups in total. The first-order valence-electron chi connectivity index (χ1n) is 22.6. The highest BCUT2D eigenvalue weighted by molar-refractivity contribution is 6.06. The molecule has 2 aliphatic carbocycles. The van der Waals surface area contributed by atoms with Crippen molar-refractivity contribution in [1.82, 2.24) is 34.9 Å². The van der Waals surface area contributed by atoms with Crippen LogP contribution >= 0.6 is 0 Å². The summed E-state index contributed by atoms with van der Waals surface area (Å²) in [6.45, 7) is 10.3. The number of aromatic nitrogens is 4. The predicted octanol–water partition coefficient (Wildman–Crippen LogP) is 6.49. The van der Waals surface area contributed by atoms with Crippen molar-refractivity contribution in [2.45, 2.75) is 76.9 Å². The Morgan fingerprint density at radius 2 is 1.70 bits per heavy atom. The maximum Gasteiger partial charge on any atom is 0.328 e. The number of aryl methyl sites for hydroxylation is 2. The van der Waals surface area contributed by atoms with Crippen LogP contribution in [0.2, 0.25) is 0 Å². The van der Waals surface area contributed by atoms with Crippen molar-refractivity contribution < 1.29 is 24.2 Å². The molecule has 63 heavy (non-hydrogen) atoms. The zero-order chi connectivity index (χ0) is 43.4. The van der Waals surface area contributed by atoms with E-state index in [1.165, 1.54) is 18.4 Å². The van der Waals surface area contributed by atoms with E-state index in [0.717, 1.165) is 90.0 Å². The van der Waals surface area contributed by atoms with Gasteiger partial charge in [-0.05, 0) is 117 Å². The Morgan fingerprint density at radius 3 is 2.46 bits per heavy atom. The number of rotatable bonds is 9. The summed E-state index contributed by atoms with van der Waals surface area (Å²) >= 11 is 0. The minimum absolute atomic E-state index is 0.0837. The van der Waals surface area contributed by atoms with Crippen LogP contribution in [0.1, 0.15) is 95.6 Å². The van der Waals surface area contributed by atoms with Gasteiger partial charge >= 0.3 is 6.03 Å². The number of hydrogen-bond acceptors (Lipinski definition) is 11. The number of hydrogen-bond donors (Lipinski definition) is 3. The lowest BCUT2D eigenvalue weighted by Crippen LogP contribution is -2.50. The van der Waals surface area contributed by atoms with Crippen molar-refractivity contribution in [1.29, 1.82) is 0 Å². The van der Waals surface area contributed by atoms with Crippen LogP contribution in [-0.2, 0) is 9.53 Å². The van der Waals surface area contributed by atoms with Crippen molar-refractivity contribution in [3.63, 3.8) is 0 Å². The molecule has 3 saturated heterocycles. The molecule has 2 saturated carbocycles. The molecule has 328 valence electrons. The number of nitrogens with two attached hydrogens (primary N) is 1. The smallest absolute Gasteiger partial charge is 0.328 e. The molecule has 0 unspecified atom stereocenters. The fraction of sp³-hybridized carbons (Fsp3) is 0.458. The van der Waals surface area contributed by atoms with Crippen LogP contribution in [0.4, 0.5) is 22.0 Å². The number of pyridine rings is 1. The van der Waals surface area contributed by atoms with Gasteiger partial charge in [-0.1, -0.05) is 18.2 Å². The Labute approximate surface area is 367 Å². The van der Waals surface area contributed by atoms with Crippen LogP contribution < -0.4 is 20.9 Å². The number of aromatic hydroxyl groups is 1. The van der Waals surface area contributed by atoms with Crippen LogP contribution in [0.25, 0.3) is 22.3 Å². The number of phenolic OH excluding ortho intramolecular Hbond substituents is 1. The summed E-state index contributed by atoms with van der Waals surface area (Å²) in [5, 5.41) is 22.5. The highest BCUT2D eigenvalue weighted by Gasteiger charge is 2.34. The molecule has 5 aromatic rings. The molecule has 10 rings (SSSR count). The molecule has 0 spiro atoms. The highest BCUT2D eigenvalue weighted by atomic mass is 16.5. The van der Waals surface area contributed by atoms with E-state index in [1.807, 2.05) is 36.1 Å². The Kier molecular flexibility index (Phi) is 11.0. The average Bonchev–Trinajstić information content (AvgIpc) is 4.07. The summed E-state index contributed by atoms with van der Waals surface area (Å²) in [6.07, 6.45) is 11.1. The lowest BCUT2D eigenvalue weighted by molar-refractivity contribution is -0.120. The number of carbonyl (C=O) groups is 3. The van der Waals surface area contributed by atoms with Gasteiger partial charge in [-0.25, -0.2) is 9.78 Å². The van der Waals surface area contributed by atoms with Crippen molar-refractivity contribution in [3.05, 3.63) is 88.7 Å². The van der Waals surface area contributed by atoms with Gasteiger partial charge < -0.3 is 29.9 Å². The molecule has 2 aromatic carbocycles. The van der Waals surface area contributed by atoms with Gasteiger partial charge in [-0.15, -0.1) is 10.2 Å². The Balaban J connectivity index is 0.737. The summed E-state index contributed by atoms with van der Waals surface area (Å²) in [5.41, 5.74) is 15.1. The number of morpholine rings is 1. The zero-order valence-corrected chi connectivity index (χ0v) is 36.1. The van der Waals surface area contributed by atoms with E-state index in [2.05, 4.69) is 55.1 Å². The highest BCUT2D eigenvalue weighted by Crippen LogP contribution is 2.46. The van der Waals surface area contributed by atoms with Gasteiger partial charge in [0.25, 0.3) is 5.91 Å². The molecule has 4 amide bonds. The molecular weight excluding hydrogens is 797 g/mol. The number of nitrogen functional groups attached to an aromatic ring is 1. The normalized spacial score (nSPS) is 22.4. The van der Waals surface area contributed by atoms with Crippen LogP contribution in [0.5, 0.6) is 5.75 Å². The van der Waals surface area contributed by atoms with Crippen molar-refractivity contribution >= 4 is 46.1 Å². The van der Waals surface area contributed by atoms with Gasteiger partial charge in [0.2, 0.25) is 5.91 Å². The number of para-hydroxylation sites is 1. The number of imide groups is 1. The van der Waals surface area contributed by atoms with E-state index in [9.17, 15) is 19.5 Å². The fourth-order valence-electron chi connectivity index (χ4n) is 10.3. The first-order valence-corrected chi connectivity index (χ1v) is 22.6. The Morgan fingerprint density at radius 1 is 0.905 bits per heavy atom. The molecule has 3 aliphatic heterocycles. The quantitative estimate of drug-likeness (QED) is 0.148. The van der Waals surface area contributed by atoms with E-state index in [-0.39, 0.29) is 29.7 Å². The number of nitrogens with one attached hydrogen (secondary N) is 1. The third-order valence-corrected chi connectivity index (χ3v) is 14.0. The minimum atomic E-state index is -0.379. The number of phenols is 1. The number of anilines is 3. The molecule has 15 nitrogen and oxygen atoms in total. The van der Waals surface area contributed by atoms with E-state index in [1.54, 1.807) is 23.2 Å². The van der Waals surface area contributed by atoms with Crippen LogP contribution in [-0.4, -0.2) is 111 Å². The number of nitrogens with zero attached hydrogens (tertiary/aromatic N) is 8. The molecule has 0 bridgehead atoms. The lowest BCUT2D eigenvalue weighted by Gasteiger charge is -2.38. The number of urea groups is 1. The third-order valence-electron chi connectivity index (χ3n) is 14.0. The third kappa shape index (κ3) is 8.19. The molecule has 5 aliphatic rings. The second kappa shape index (κ2) is 16.9. The Hall–Kier alpha value is -6.06. The van der Waals surface area contributed by atoms with Gasteiger partial charge in [0.05, 0.1) is 29.9 Å². The van der Waals surface area contributed by atoms with Crippen molar-refractivity contribution in [2.24, 2.45) is 5.92 Å². The monoisotopic (exact) mass is 852 g/mol. The molecule has 1 atom stereocenters. The average molecular weight is 853 g/mol. The van der Waals surface area contributed by atoms with E-state index >= 15 is 0 Å². The molecule has 3 aromatic heterocycles. The van der Waals surface area contributed by atoms with Crippen molar-refractivity contribution in [3.8, 4) is 17.0 Å². The number of amides is 4. The van der Waals surface area contributed by atoms with Gasteiger partial charge in [-0.2, -0.15) is 0 Å². The number of ether oxygens (including phenoxy) is 1. The van der Waals surface area contributed by atoms with Crippen molar-refractivity contribution in [2.75, 3.05) is 74.5 Å². The van der Waals surface area contributed by atoms with Gasteiger partial charge in [0, 0.05) is 87.5 Å². The first-order chi connectivity index (χ1) is 30.6. The summed E-state index contributed by atoms with van der Waals surface area (Å²) in [5.74, 6) is 1.47. The predicted molar refractivity (Wildman–Crippen MR) is 241 cm³/mol.